The highest BCUT2D eigenvalue weighted by molar-refractivity contribution is 7.19. The summed E-state index contributed by atoms with van der Waals surface area (Å²) in [6, 6.07) is 10.8. The number of hydrogen-bond acceptors (Lipinski definition) is 2. The summed E-state index contributed by atoms with van der Waals surface area (Å²) in [4.78, 5) is 1.42. The molecule has 1 atom stereocenters. The summed E-state index contributed by atoms with van der Waals surface area (Å²) in [5.74, 6) is 0. The molecule has 2 aromatic rings. The van der Waals surface area contributed by atoms with Crippen molar-refractivity contribution in [3.63, 3.8) is 0 Å². The van der Waals surface area contributed by atoms with Crippen molar-refractivity contribution in [2.45, 2.75) is 6.54 Å². The maximum absolute atomic E-state index is 3.40. The van der Waals surface area contributed by atoms with Crippen LogP contribution in [0.25, 0.3) is 10.1 Å². The standard InChI is InChI=1S/C11H14NPS/c13-6-5-12-8-10-7-9-3-1-2-4-11(9)14-10/h1-4,7,12H,5-6,8,13H2. The fourth-order valence-corrected chi connectivity index (χ4v) is 2.68. The van der Waals surface area contributed by atoms with Gasteiger partial charge in [0.05, 0.1) is 0 Å². The summed E-state index contributed by atoms with van der Waals surface area (Å²) < 4.78 is 1.38. The molecule has 0 saturated carbocycles. The van der Waals surface area contributed by atoms with Crippen LogP contribution in [0.4, 0.5) is 0 Å². The number of hydrogen-bond donors (Lipinski definition) is 1. The molecule has 1 aromatic heterocycles. The van der Waals surface area contributed by atoms with Crippen molar-refractivity contribution >= 4 is 30.7 Å². The summed E-state index contributed by atoms with van der Waals surface area (Å²) in [6.07, 6.45) is 1.12. The second-order valence-corrected chi connectivity index (χ2v) is 4.96. The normalized spacial score (nSPS) is 10.9. The molecule has 0 aliphatic rings. The number of fused-ring (bicyclic) bond motifs is 1. The van der Waals surface area contributed by atoms with Crippen molar-refractivity contribution < 1.29 is 0 Å². The van der Waals surface area contributed by atoms with Crippen LogP contribution in [-0.2, 0) is 6.54 Å². The van der Waals surface area contributed by atoms with Crippen LogP contribution in [0.15, 0.2) is 30.3 Å². The molecule has 0 aliphatic heterocycles. The molecule has 1 heterocycles. The topological polar surface area (TPSA) is 12.0 Å². The lowest BCUT2D eigenvalue weighted by molar-refractivity contribution is 0.741. The van der Waals surface area contributed by atoms with Gasteiger partial charge in [-0.25, -0.2) is 0 Å². The van der Waals surface area contributed by atoms with Crippen LogP contribution in [-0.4, -0.2) is 12.7 Å². The molecule has 1 nitrogen and oxygen atoms in total. The van der Waals surface area contributed by atoms with Gasteiger partial charge in [0, 0.05) is 16.1 Å². The maximum atomic E-state index is 3.40. The van der Waals surface area contributed by atoms with E-state index in [2.05, 4.69) is 44.9 Å². The van der Waals surface area contributed by atoms with Gasteiger partial charge in [-0.1, -0.05) is 18.2 Å². The van der Waals surface area contributed by atoms with E-state index >= 15 is 0 Å². The van der Waals surface area contributed by atoms with E-state index < -0.39 is 0 Å². The third-order valence-corrected chi connectivity index (χ3v) is 3.50. The molecule has 0 aliphatic carbocycles. The minimum Gasteiger partial charge on any atom is -0.312 e. The molecule has 74 valence electrons. The van der Waals surface area contributed by atoms with Gasteiger partial charge >= 0.3 is 0 Å². The van der Waals surface area contributed by atoms with Crippen LogP contribution in [0.2, 0.25) is 0 Å². The second kappa shape index (κ2) is 4.88. The lowest BCUT2D eigenvalue weighted by Gasteiger charge is -1.97. The van der Waals surface area contributed by atoms with Gasteiger partial charge in [-0.3, -0.25) is 0 Å². The van der Waals surface area contributed by atoms with E-state index in [1.54, 1.807) is 0 Å². The first-order chi connectivity index (χ1) is 6.90. The summed E-state index contributed by atoms with van der Waals surface area (Å²) >= 11 is 1.88. The van der Waals surface area contributed by atoms with Crippen LogP contribution in [0.1, 0.15) is 4.88 Å². The molecule has 1 aromatic carbocycles. The minimum atomic E-state index is 0.994. The zero-order valence-corrected chi connectivity index (χ0v) is 9.96. The third-order valence-electron chi connectivity index (χ3n) is 2.10. The molecule has 1 unspecified atom stereocenters. The quantitative estimate of drug-likeness (QED) is 0.621. The number of nitrogens with one attached hydrogen (secondary N) is 1. The third kappa shape index (κ3) is 2.33. The highest BCUT2D eigenvalue weighted by Gasteiger charge is 1.99. The first-order valence-electron chi connectivity index (χ1n) is 4.78. The first kappa shape index (κ1) is 10.1. The molecule has 0 spiro atoms. The van der Waals surface area contributed by atoms with E-state index in [1.165, 1.54) is 15.0 Å². The van der Waals surface area contributed by atoms with Gasteiger partial charge in [-0.05, 0) is 30.2 Å². The van der Waals surface area contributed by atoms with E-state index in [0.29, 0.717) is 0 Å². The number of rotatable bonds is 4. The molecule has 3 heteroatoms. The average Bonchev–Trinajstić information content (AvgIpc) is 2.60. The fourth-order valence-electron chi connectivity index (χ4n) is 1.44. The van der Waals surface area contributed by atoms with E-state index in [0.717, 1.165) is 19.3 Å². The second-order valence-electron chi connectivity index (χ2n) is 3.22. The summed E-state index contributed by atoms with van der Waals surface area (Å²) in [5.41, 5.74) is 0. The number of benzene rings is 1. The van der Waals surface area contributed by atoms with Crippen LogP contribution < -0.4 is 5.32 Å². The molecular weight excluding hydrogens is 209 g/mol. The Hall–Kier alpha value is -0.430. The Morgan fingerprint density at radius 3 is 2.93 bits per heavy atom. The molecular formula is C11H14NPS. The van der Waals surface area contributed by atoms with Crippen molar-refractivity contribution in [1.29, 1.82) is 0 Å². The molecule has 0 amide bonds. The lowest BCUT2D eigenvalue weighted by Crippen LogP contribution is -2.14. The van der Waals surface area contributed by atoms with Gasteiger partial charge in [0.2, 0.25) is 0 Å². The Labute approximate surface area is 90.7 Å². The minimum absolute atomic E-state index is 0.994. The summed E-state index contributed by atoms with van der Waals surface area (Å²) in [6.45, 7) is 2.06. The van der Waals surface area contributed by atoms with Crippen LogP contribution >= 0.6 is 20.6 Å². The SMILES string of the molecule is PCCNCc1cc2ccccc2s1. The largest absolute Gasteiger partial charge is 0.312 e. The van der Waals surface area contributed by atoms with E-state index in [4.69, 9.17) is 0 Å². The van der Waals surface area contributed by atoms with E-state index in [-0.39, 0.29) is 0 Å². The fraction of sp³-hybridized carbons (Fsp3) is 0.273. The van der Waals surface area contributed by atoms with Gasteiger partial charge in [-0.2, -0.15) is 0 Å². The molecule has 0 radical (unpaired) electrons. The van der Waals surface area contributed by atoms with Crippen molar-refractivity contribution in [1.82, 2.24) is 5.32 Å². The van der Waals surface area contributed by atoms with Crippen molar-refractivity contribution in [3.05, 3.63) is 35.2 Å². The van der Waals surface area contributed by atoms with E-state index in [9.17, 15) is 0 Å². The van der Waals surface area contributed by atoms with Crippen LogP contribution in [0.5, 0.6) is 0 Å². The van der Waals surface area contributed by atoms with Crippen molar-refractivity contribution in [2.24, 2.45) is 0 Å². The molecule has 0 saturated heterocycles. The molecule has 1 N–H and O–H groups in total. The zero-order chi connectivity index (χ0) is 9.80. The van der Waals surface area contributed by atoms with Crippen LogP contribution in [0, 0.1) is 0 Å². The molecule has 2 rings (SSSR count). The van der Waals surface area contributed by atoms with Crippen LogP contribution in [0.3, 0.4) is 0 Å². The number of thiophene rings is 1. The Bertz CT molecular complexity index is 377. The summed E-state index contributed by atoms with van der Waals surface area (Å²) in [5, 5.41) is 4.76. The van der Waals surface area contributed by atoms with Gasteiger partial charge < -0.3 is 5.32 Å². The van der Waals surface area contributed by atoms with Gasteiger partial charge in [0.15, 0.2) is 0 Å². The summed E-state index contributed by atoms with van der Waals surface area (Å²) in [7, 11) is 2.73. The van der Waals surface area contributed by atoms with E-state index in [1.807, 2.05) is 11.3 Å². The Kier molecular flexibility index (Phi) is 3.52. The Morgan fingerprint density at radius 1 is 1.29 bits per heavy atom. The molecule has 14 heavy (non-hydrogen) atoms. The van der Waals surface area contributed by atoms with Crippen molar-refractivity contribution in [2.75, 3.05) is 12.7 Å². The van der Waals surface area contributed by atoms with Crippen molar-refractivity contribution in [3.8, 4) is 0 Å². The zero-order valence-electron chi connectivity index (χ0n) is 7.99. The molecule has 0 bridgehead atoms. The predicted molar refractivity (Wildman–Crippen MR) is 68.1 cm³/mol. The highest BCUT2D eigenvalue weighted by Crippen LogP contribution is 2.24. The van der Waals surface area contributed by atoms with Gasteiger partial charge in [0.1, 0.15) is 0 Å². The lowest BCUT2D eigenvalue weighted by atomic mass is 10.2. The Morgan fingerprint density at radius 2 is 2.14 bits per heavy atom. The average molecular weight is 223 g/mol. The predicted octanol–water partition coefficient (Wildman–Crippen LogP) is 2.87. The van der Waals surface area contributed by atoms with Gasteiger partial charge in [0.25, 0.3) is 0 Å². The maximum Gasteiger partial charge on any atom is 0.0346 e. The highest BCUT2D eigenvalue weighted by atomic mass is 32.1. The first-order valence-corrected chi connectivity index (χ1v) is 6.41. The Balaban J connectivity index is 2.11. The van der Waals surface area contributed by atoms with Gasteiger partial charge in [-0.15, -0.1) is 20.6 Å². The smallest absolute Gasteiger partial charge is 0.0346 e. The monoisotopic (exact) mass is 223 g/mol. The molecule has 0 fully saturated rings.